The maximum absolute atomic E-state index is 13.2. The minimum absolute atomic E-state index is 0.310. The van der Waals surface area contributed by atoms with Crippen LogP contribution in [-0.2, 0) is 5.40 Å². The zero-order chi connectivity index (χ0) is 10.2. The van der Waals surface area contributed by atoms with Crippen molar-refractivity contribution in [2.45, 2.75) is 5.40 Å². The summed E-state index contributed by atoms with van der Waals surface area (Å²) in [6, 6.07) is 2.24. The molecule has 1 nitrogen and oxygen atoms in total. The second-order valence-electron chi connectivity index (χ2n) is 3.30. The van der Waals surface area contributed by atoms with Crippen LogP contribution in [0.4, 0.5) is 8.78 Å². The first-order chi connectivity index (χ1) is 5.82. The van der Waals surface area contributed by atoms with Crippen LogP contribution in [0.25, 0.3) is 0 Å². The summed E-state index contributed by atoms with van der Waals surface area (Å²) < 4.78 is 26.7. The molecular weight excluding hydrogens is 240 g/mol. The van der Waals surface area contributed by atoms with E-state index in [1.165, 1.54) is 15.7 Å². The van der Waals surface area contributed by atoms with Crippen molar-refractivity contribution in [1.29, 1.82) is 0 Å². The van der Waals surface area contributed by atoms with Crippen LogP contribution in [0.15, 0.2) is 16.6 Å². The maximum atomic E-state index is 13.2. The molecule has 0 atom stereocenters. The first kappa shape index (κ1) is 10.7. The van der Waals surface area contributed by atoms with Crippen LogP contribution in [0.1, 0.15) is 5.56 Å². The molecule has 0 amide bonds. The highest BCUT2D eigenvalue weighted by molar-refractivity contribution is 9.10. The predicted octanol–water partition coefficient (Wildman–Crippen LogP) is 0.0961. The van der Waals surface area contributed by atoms with E-state index >= 15 is 0 Å². The molecule has 0 aromatic heterocycles. The molecule has 0 aliphatic carbocycles. The summed E-state index contributed by atoms with van der Waals surface area (Å²) in [5.41, 5.74) is -0.310. The summed E-state index contributed by atoms with van der Waals surface area (Å²) in [5.74, 6) is -1.50. The average molecular weight is 247 g/mol. The van der Waals surface area contributed by atoms with E-state index in [9.17, 15) is 13.9 Å². The van der Waals surface area contributed by atoms with Gasteiger partial charge in [-0.05, 0) is 12.1 Å². The third-order valence-electron chi connectivity index (χ3n) is 1.62. The molecule has 0 aliphatic rings. The summed E-state index contributed by atoms with van der Waals surface area (Å²) in [6.07, 6.45) is 0. The number of hydrogen-bond acceptors (Lipinski definition) is 1. The Morgan fingerprint density at radius 3 is 1.92 bits per heavy atom. The Morgan fingerprint density at radius 2 is 1.62 bits per heavy atom. The van der Waals surface area contributed by atoms with Gasteiger partial charge in [0, 0.05) is 15.4 Å². The van der Waals surface area contributed by atoms with E-state index in [0.29, 0.717) is 4.47 Å². The van der Waals surface area contributed by atoms with Crippen molar-refractivity contribution in [1.82, 2.24) is 0 Å². The van der Waals surface area contributed by atoms with Crippen LogP contribution in [0.5, 0.6) is 0 Å². The molecule has 0 unspecified atom stereocenters. The van der Waals surface area contributed by atoms with E-state index in [4.69, 9.17) is 0 Å². The third kappa shape index (κ3) is 2.31. The standard InChI is InChI=1S/C7H7B2BrF2O/c8-7(9,13)6-4(11)1-3(10)2-5(6)12/h1-2,13H,8-9H2. The molecule has 0 bridgehead atoms. The van der Waals surface area contributed by atoms with Gasteiger partial charge in [0.2, 0.25) is 0 Å². The van der Waals surface area contributed by atoms with Crippen molar-refractivity contribution in [3.63, 3.8) is 0 Å². The van der Waals surface area contributed by atoms with E-state index in [1.807, 2.05) is 0 Å². The van der Waals surface area contributed by atoms with E-state index in [0.717, 1.165) is 12.1 Å². The van der Waals surface area contributed by atoms with Gasteiger partial charge in [-0.2, -0.15) is 0 Å². The molecule has 1 aromatic carbocycles. The first-order valence-electron chi connectivity index (χ1n) is 3.70. The number of aliphatic hydroxyl groups is 1. The Bertz CT molecular complexity index is 315. The molecule has 0 spiro atoms. The molecule has 1 rings (SSSR count). The van der Waals surface area contributed by atoms with Crippen LogP contribution >= 0.6 is 15.9 Å². The van der Waals surface area contributed by atoms with Crippen molar-refractivity contribution < 1.29 is 13.9 Å². The lowest BCUT2D eigenvalue weighted by Gasteiger charge is -2.19. The second kappa shape index (κ2) is 3.42. The topological polar surface area (TPSA) is 20.2 Å². The lowest BCUT2D eigenvalue weighted by molar-refractivity contribution is 0.205. The Morgan fingerprint density at radius 1 is 1.23 bits per heavy atom. The van der Waals surface area contributed by atoms with Crippen molar-refractivity contribution in [2.24, 2.45) is 0 Å². The number of halogens is 3. The smallest absolute Gasteiger partial charge is 0.137 e. The minimum Gasteiger partial charge on any atom is -0.403 e. The maximum Gasteiger partial charge on any atom is 0.137 e. The van der Waals surface area contributed by atoms with Crippen LogP contribution in [0, 0.1) is 11.6 Å². The average Bonchev–Trinajstić information content (AvgIpc) is 1.78. The molecule has 0 heterocycles. The second-order valence-corrected chi connectivity index (χ2v) is 4.22. The summed E-state index contributed by atoms with van der Waals surface area (Å²) in [4.78, 5) is 0. The van der Waals surface area contributed by atoms with Gasteiger partial charge in [-0.15, -0.1) is 0 Å². The van der Waals surface area contributed by atoms with Crippen molar-refractivity contribution in [3.05, 3.63) is 33.8 Å². The summed E-state index contributed by atoms with van der Waals surface area (Å²) in [5, 5.41) is 7.94. The molecule has 0 saturated carbocycles. The van der Waals surface area contributed by atoms with Gasteiger partial charge < -0.3 is 5.11 Å². The molecule has 0 saturated heterocycles. The quantitative estimate of drug-likeness (QED) is 0.697. The van der Waals surface area contributed by atoms with Gasteiger partial charge in [-0.1, -0.05) is 15.9 Å². The van der Waals surface area contributed by atoms with Gasteiger partial charge in [-0.3, -0.25) is 0 Å². The summed E-state index contributed by atoms with van der Waals surface area (Å²) >= 11 is 2.95. The van der Waals surface area contributed by atoms with Crippen LogP contribution < -0.4 is 0 Å². The lowest BCUT2D eigenvalue weighted by atomic mass is 9.61. The molecule has 6 heteroatoms. The minimum atomic E-state index is -1.51. The molecule has 0 fully saturated rings. The van der Waals surface area contributed by atoms with Crippen molar-refractivity contribution >= 4 is 31.6 Å². The van der Waals surface area contributed by atoms with Crippen molar-refractivity contribution in [3.8, 4) is 0 Å². The van der Waals surface area contributed by atoms with Crippen molar-refractivity contribution in [2.75, 3.05) is 0 Å². The summed E-state index contributed by atoms with van der Waals surface area (Å²) in [7, 11) is 2.67. The molecule has 0 aliphatic heterocycles. The van der Waals surface area contributed by atoms with E-state index in [-0.39, 0.29) is 5.56 Å². The molecule has 68 valence electrons. The highest BCUT2D eigenvalue weighted by Crippen LogP contribution is 2.25. The zero-order valence-electron chi connectivity index (χ0n) is 7.24. The highest BCUT2D eigenvalue weighted by atomic mass is 79.9. The Balaban J connectivity index is 3.38. The molecule has 0 radical (unpaired) electrons. The molecule has 13 heavy (non-hydrogen) atoms. The zero-order valence-corrected chi connectivity index (χ0v) is 8.82. The first-order valence-corrected chi connectivity index (χ1v) is 4.49. The highest BCUT2D eigenvalue weighted by Gasteiger charge is 2.25. The van der Waals surface area contributed by atoms with Gasteiger partial charge in [0.15, 0.2) is 0 Å². The number of rotatable bonds is 1. The number of benzene rings is 1. The fourth-order valence-electron chi connectivity index (χ4n) is 1.13. The fourth-order valence-corrected chi connectivity index (χ4v) is 1.53. The fraction of sp³-hybridized carbons (Fsp3) is 0.143. The Labute approximate surface area is 85.1 Å². The molecular formula is C7H7B2BrF2O. The molecule has 1 aromatic rings. The molecule has 1 N–H and O–H groups in total. The Hall–Kier alpha value is -0.350. The van der Waals surface area contributed by atoms with Gasteiger partial charge in [0.05, 0.1) is 0 Å². The van der Waals surface area contributed by atoms with Crippen LogP contribution in [0.2, 0.25) is 0 Å². The van der Waals surface area contributed by atoms with E-state index in [2.05, 4.69) is 15.9 Å². The van der Waals surface area contributed by atoms with Gasteiger partial charge >= 0.3 is 0 Å². The SMILES string of the molecule is BC(B)(O)c1c(F)cc(Br)cc1F. The Kier molecular flexibility index (Phi) is 2.82. The monoisotopic (exact) mass is 246 g/mol. The van der Waals surface area contributed by atoms with E-state index < -0.39 is 17.0 Å². The van der Waals surface area contributed by atoms with Crippen LogP contribution in [-0.4, -0.2) is 20.8 Å². The predicted molar refractivity (Wildman–Crippen MR) is 55.0 cm³/mol. The largest absolute Gasteiger partial charge is 0.403 e. The number of hydrogen-bond donors (Lipinski definition) is 1. The van der Waals surface area contributed by atoms with E-state index in [1.54, 1.807) is 0 Å². The summed E-state index contributed by atoms with van der Waals surface area (Å²) in [6.45, 7) is 0. The van der Waals surface area contributed by atoms with Gasteiger partial charge in [0.1, 0.15) is 27.3 Å². The van der Waals surface area contributed by atoms with Crippen LogP contribution in [0.3, 0.4) is 0 Å². The van der Waals surface area contributed by atoms with Gasteiger partial charge in [-0.25, -0.2) is 8.78 Å². The third-order valence-corrected chi connectivity index (χ3v) is 2.08. The normalized spacial score (nSPS) is 11.7. The lowest BCUT2D eigenvalue weighted by Crippen LogP contribution is -2.28. The van der Waals surface area contributed by atoms with Gasteiger partial charge in [0.25, 0.3) is 0 Å².